The Morgan fingerprint density at radius 2 is 1.52 bits per heavy atom. The zero-order valence-electron chi connectivity index (χ0n) is 16.3. The molecule has 0 aromatic heterocycles. The van der Waals surface area contributed by atoms with Gasteiger partial charge in [-0.05, 0) is 42.0 Å². The summed E-state index contributed by atoms with van der Waals surface area (Å²) in [7, 11) is -6.63. The fraction of sp³-hybridized carbons (Fsp3) is 0.0476. The summed E-state index contributed by atoms with van der Waals surface area (Å²) >= 11 is 6.02. The maximum atomic E-state index is 12.8. The van der Waals surface area contributed by atoms with Crippen molar-refractivity contribution >= 4 is 49.1 Å². The van der Waals surface area contributed by atoms with E-state index < -0.39 is 20.0 Å². The van der Waals surface area contributed by atoms with Crippen LogP contribution in [-0.2, 0) is 20.0 Å². The van der Waals surface area contributed by atoms with Crippen LogP contribution in [0, 0.1) is 0 Å². The van der Waals surface area contributed by atoms with Crippen LogP contribution < -0.4 is 14.2 Å². The van der Waals surface area contributed by atoms with Gasteiger partial charge >= 0.3 is 0 Å². The van der Waals surface area contributed by atoms with Crippen LogP contribution in [0.25, 0.3) is 6.08 Å². The van der Waals surface area contributed by atoms with Crippen molar-refractivity contribution in [2.75, 3.05) is 16.6 Å². The minimum Gasteiger partial charge on any atom is -0.495 e. The lowest BCUT2D eigenvalue weighted by atomic mass is 10.2. The lowest BCUT2D eigenvalue weighted by molar-refractivity contribution is 0.416. The van der Waals surface area contributed by atoms with Gasteiger partial charge in [-0.1, -0.05) is 54.1 Å². The molecule has 0 heterocycles. The van der Waals surface area contributed by atoms with Crippen LogP contribution in [-0.4, -0.2) is 23.9 Å². The number of nitrogens with one attached hydrogen (secondary N) is 2. The average molecular weight is 479 g/mol. The van der Waals surface area contributed by atoms with E-state index in [9.17, 15) is 16.8 Å². The largest absolute Gasteiger partial charge is 0.495 e. The first-order valence-corrected chi connectivity index (χ1v) is 12.3. The van der Waals surface area contributed by atoms with Crippen molar-refractivity contribution in [3.63, 3.8) is 0 Å². The first kappa shape index (κ1) is 22.7. The molecule has 0 unspecified atom stereocenters. The molecule has 10 heteroatoms. The van der Waals surface area contributed by atoms with Gasteiger partial charge in [-0.3, -0.25) is 9.44 Å². The summed E-state index contributed by atoms with van der Waals surface area (Å²) in [6.07, 6.45) is 1.42. The molecule has 2 N–H and O–H groups in total. The zero-order valence-corrected chi connectivity index (χ0v) is 18.7. The maximum Gasteiger partial charge on any atom is 0.262 e. The lowest BCUT2D eigenvalue weighted by Crippen LogP contribution is -2.15. The number of hydrogen-bond donors (Lipinski definition) is 2. The van der Waals surface area contributed by atoms with Crippen molar-refractivity contribution in [1.29, 1.82) is 0 Å². The predicted molar refractivity (Wildman–Crippen MR) is 123 cm³/mol. The molecule has 0 aliphatic carbocycles. The monoisotopic (exact) mass is 478 g/mol. The van der Waals surface area contributed by atoms with Gasteiger partial charge in [0.2, 0.25) is 0 Å². The van der Waals surface area contributed by atoms with Gasteiger partial charge in [0.1, 0.15) is 5.75 Å². The molecule has 3 rings (SSSR count). The van der Waals surface area contributed by atoms with Gasteiger partial charge in [-0.15, -0.1) is 0 Å². The Balaban J connectivity index is 1.90. The van der Waals surface area contributed by atoms with E-state index in [4.69, 9.17) is 16.3 Å². The number of anilines is 2. The smallest absolute Gasteiger partial charge is 0.262 e. The fourth-order valence-corrected chi connectivity index (χ4v) is 4.82. The van der Waals surface area contributed by atoms with Crippen molar-refractivity contribution in [2.45, 2.75) is 4.90 Å². The van der Waals surface area contributed by atoms with E-state index in [-0.39, 0.29) is 27.0 Å². The van der Waals surface area contributed by atoms with Crippen LogP contribution >= 0.6 is 11.6 Å². The standard InChI is InChI=1S/C21H19ClN2O5S2/c1-29-21-12-11-17(31(27,28)24-19-10-6-5-9-18(19)22)15-20(21)23-30(25,26)14-13-16-7-3-2-4-8-16/h2-15,23-24H,1H3/b14-13+. The van der Waals surface area contributed by atoms with Crippen LogP contribution in [0.5, 0.6) is 5.75 Å². The normalized spacial score (nSPS) is 11.9. The Labute approximate surface area is 186 Å². The summed E-state index contributed by atoms with van der Waals surface area (Å²) in [4.78, 5) is -0.169. The highest BCUT2D eigenvalue weighted by Gasteiger charge is 2.19. The molecule has 31 heavy (non-hydrogen) atoms. The Hall–Kier alpha value is -3.01. The highest BCUT2D eigenvalue weighted by Crippen LogP contribution is 2.30. The number of hydrogen-bond acceptors (Lipinski definition) is 5. The predicted octanol–water partition coefficient (Wildman–Crippen LogP) is 4.56. The van der Waals surface area contributed by atoms with Gasteiger partial charge in [0.15, 0.2) is 0 Å². The van der Waals surface area contributed by atoms with Gasteiger partial charge in [0, 0.05) is 0 Å². The molecule has 0 fully saturated rings. The van der Waals surface area contributed by atoms with Crippen molar-refractivity contribution in [1.82, 2.24) is 0 Å². The average Bonchev–Trinajstić information content (AvgIpc) is 2.74. The number of sulfonamides is 2. The molecule has 7 nitrogen and oxygen atoms in total. The van der Waals surface area contributed by atoms with E-state index in [1.165, 1.54) is 37.5 Å². The molecule has 3 aromatic rings. The van der Waals surface area contributed by atoms with E-state index in [0.29, 0.717) is 5.56 Å². The Bertz CT molecular complexity index is 1310. The fourth-order valence-electron chi connectivity index (χ4n) is 2.60. The molecule has 0 saturated carbocycles. The summed E-state index contributed by atoms with van der Waals surface area (Å²) in [5.74, 6) is 0.161. The molecule has 0 spiro atoms. The second-order valence-corrected chi connectivity index (χ2v) is 9.96. The number of methoxy groups -OCH3 is 1. The molecular weight excluding hydrogens is 460 g/mol. The Kier molecular flexibility index (Phi) is 6.89. The number of benzene rings is 3. The van der Waals surface area contributed by atoms with Gasteiger partial charge in [-0.25, -0.2) is 16.8 Å². The summed E-state index contributed by atoms with van der Waals surface area (Å²) in [6.45, 7) is 0. The molecule has 162 valence electrons. The molecule has 0 bridgehead atoms. The maximum absolute atomic E-state index is 12.8. The van der Waals surface area contributed by atoms with Crippen LogP contribution in [0.15, 0.2) is 83.1 Å². The van der Waals surface area contributed by atoms with Crippen molar-refractivity contribution in [3.8, 4) is 5.75 Å². The SMILES string of the molecule is COc1ccc(S(=O)(=O)Nc2ccccc2Cl)cc1NS(=O)(=O)/C=C/c1ccccc1. The highest BCUT2D eigenvalue weighted by molar-refractivity contribution is 7.95. The number of rotatable bonds is 8. The molecule has 0 saturated heterocycles. The van der Waals surface area contributed by atoms with Gasteiger partial charge in [0.05, 0.1) is 33.8 Å². The van der Waals surface area contributed by atoms with E-state index in [1.807, 2.05) is 6.07 Å². The van der Waals surface area contributed by atoms with E-state index in [1.54, 1.807) is 42.5 Å². The second-order valence-electron chi connectivity index (χ2n) is 6.31. The Morgan fingerprint density at radius 3 is 2.19 bits per heavy atom. The molecule has 0 aliphatic heterocycles. The molecule has 0 aliphatic rings. The molecule has 0 atom stereocenters. The summed E-state index contributed by atoms with van der Waals surface area (Å²) < 4.78 is 60.5. The van der Waals surface area contributed by atoms with Crippen LogP contribution in [0.3, 0.4) is 0 Å². The van der Waals surface area contributed by atoms with Gasteiger partial charge in [0.25, 0.3) is 20.0 Å². The minimum atomic E-state index is -4.04. The molecule has 0 amide bonds. The van der Waals surface area contributed by atoms with Crippen LogP contribution in [0.4, 0.5) is 11.4 Å². The van der Waals surface area contributed by atoms with Crippen molar-refractivity contribution < 1.29 is 21.6 Å². The van der Waals surface area contributed by atoms with E-state index >= 15 is 0 Å². The quantitative estimate of drug-likeness (QED) is 0.494. The topological polar surface area (TPSA) is 102 Å². The highest BCUT2D eigenvalue weighted by atomic mass is 35.5. The van der Waals surface area contributed by atoms with Crippen molar-refractivity contribution in [2.24, 2.45) is 0 Å². The number of halogens is 1. The van der Waals surface area contributed by atoms with Crippen molar-refractivity contribution in [3.05, 3.63) is 88.8 Å². The van der Waals surface area contributed by atoms with Crippen LogP contribution in [0.1, 0.15) is 5.56 Å². The second kappa shape index (κ2) is 9.42. The zero-order chi connectivity index (χ0) is 22.5. The number of para-hydroxylation sites is 1. The van der Waals surface area contributed by atoms with E-state index in [0.717, 1.165) is 5.41 Å². The Morgan fingerprint density at radius 1 is 0.839 bits per heavy atom. The van der Waals surface area contributed by atoms with E-state index in [2.05, 4.69) is 9.44 Å². The molecular formula is C21H19ClN2O5S2. The lowest BCUT2D eigenvalue weighted by Gasteiger charge is -2.14. The summed E-state index contributed by atoms with van der Waals surface area (Å²) in [5.41, 5.74) is 0.871. The number of ether oxygens (including phenoxy) is 1. The minimum absolute atomic E-state index is 0.0257. The van der Waals surface area contributed by atoms with Gasteiger partial charge in [-0.2, -0.15) is 0 Å². The van der Waals surface area contributed by atoms with Crippen LogP contribution in [0.2, 0.25) is 5.02 Å². The van der Waals surface area contributed by atoms with Gasteiger partial charge < -0.3 is 4.74 Å². The summed E-state index contributed by atoms with van der Waals surface area (Å²) in [6, 6.07) is 19.1. The molecule has 0 radical (unpaired) electrons. The summed E-state index contributed by atoms with van der Waals surface area (Å²) in [5, 5.41) is 1.22. The third kappa shape index (κ3) is 6.00. The third-order valence-electron chi connectivity index (χ3n) is 4.09. The first-order chi connectivity index (χ1) is 14.7. The third-order valence-corrected chi connectivity index (χ3v) is 6.78. The molecule has 3 aromatic carbocycles. The first-order valence-electron chi connectivity index (χ1n) is 8.91.